The second kappa shape index (κ2) is 12.6. The zero-order chi connectivity index (χ0) is 31.6. The largest absolute Gasteiger partial charge is 0.437 e. The maximum absolute atomic E-state index is 14.0. The molecule has 1 atom stereocenters. The number of anilines is 3. The molecule has 2 aliphatic heterocycles. The lowest BCUT2D eigenvalue weighted by molar-refractivity contribution is -0.141. The molecule has 2 saturated heterocycles. The average molecular weight is 623 g/mol. The van der Waals surface area contributed by atoms with Crippen LogP contribution in [0.25, 0.3) is 0 Å². The molecule has 45 heavy (non-hydrogen) atoms. The van der Waals surface area contributed by atoms with Crippen molar-refractivity contribution in [3.63, 3.8) is 0 Å². The smallest absolute Gasteiger partial charge is 0.417 e. The third kappa shape index (κ3) is 6.76. The quantitative estimate of drug-likeness (QED) is 0.237. The van der Waals surface area contributed by atoms with Gasteiger partial charge in [0, 0.05) is 32.2 Å². The zero-order valence-electron chi connectivity index (χ0n) is 24.1. The predicted molar refractivity (Wildman–Crippen MR) is 159 cm³/mol. The van der Waals surface area contributed by atoms with Gasteiger partial charge in [0.1, 0.15) is 11.6 Å². The van der Waals surface area contributed by atoms with Gasteiger partial charge in [-0.25, -0.2) is 9.37 Å². The molecule has 0 aliphatic carbocycles. The number of piperidine rings is 1. The molecule has 0 radical (unpaired) electrons. The third-order valence-corrected chi connectivity index (χ3v) is 8.08. The van der Waals surface area contributed by atoms with Gasteiger partial charge in [-0.2, -0.15) is 18.2 Å². The number of benzene rings is 2. The summed E-state index contributed by atoms with van der Waals surface area (Å²) in [6.45, 7) is 1.65. The Hall–Kier alpha value is -4.94. The summed E-state index contributed by atoms with van der Waals surface area (Å²) in [5.74, 6) is -2.27. The number of oxazole rings is 1. The lowest BCUT2D eigenvalue weighted by Crippen LogP contribution is -2.33. The van der Waals surface area contributed by atoms with E-state index in [1.54, 1.807) is 21.9 Å². The SMILES string of the molecule is O=C(Nc1ccc(N[C@H]2CCN(C(=O)c3ccccc3F)C2)nc1)c1oc(N2CCC(c3ccccc3)CC2)nc1C(F)(F)F. The maximum atomic E-state index is 14.0. The normalized spacial score (nSPS) is 17.4. The zero-order valence-corrected chi connectivity index (χ0v) is 24.1. The number of aromatic nitrogens is 2. The van der Waals surface area contributed by atoms with Crippen LogP contribution in [0.3, 0.4) is 0 Å². The van der Waals surface area contributed by atoms with E-state index < -0.39 is 35.3 Å². The van der Waals surface area contributed by atoms with Crippen LogP contribution in [0.1, 0.15) is 57.4 Å². The second-order valence-electron chi connectivity index (χ2n) is 11.1. The van der Waals surface area contributed by atoms with Crippen molar-refractivity contribution in [1.82, 2.24) is 14.9 Å². The highest BCUT2D eigenvalue weighted by Gasteiger charge is 2.42. The molecule has 2 aromatic carbocycles. The maximum Gasteiger partial charge on any atom is 0.437 e. The number of rotatable bonds is 7. The van der Waals surface area contributed by atoms with Crippen LogP contribution >= 0.6 is 0 Å². The van der Waals surface area contributed by atoms with E-state index in [0.29, 0.717) is 51.3 Å². The van der Waals surface area contributed by atoms with Gasteiger partial charge in [-0.15, -0.1) is 0 Å². The van der Waals surface area contributed by atoms with Crippen LogP contribution in [-0.4, -0.2) is 58.9 Å². The molecule has 9 nitrogen and oxygen atoms in total. The molecule has 2 fully saturated rings. The van der Waals surface area contributed by atoms with Gasteiger partial charge >= 0.3 is 6.18 Å². The number of alkyl halides is 3. The van der Waals surface area contributed by atoms with E-state index in [0.717, 1.165) is 0 Å². The van der Waals surface area contributed by atoms with Gasteiger partial charge in [-0.3, -0.25) is 9.59 Å². The molecule has 4 aromatic rings. The number of halogens is 4. The molecule has 0 saturated carbocycles. The minimum atomic E-state index is -4.90. The molecule has 234 valence electrons. The first-order valence-corrected chi connectivity index (χ1v) is 14.6. The first-order valence-electron chi connectivity index (χ1n) is 14.6. The molecule has 0 spiro atoms. The van der Waals surface area contributed by atoms with Crippen molar-refractivity contribution < 1.29 is 31.6 Å². The van der Waals surface area contributed by atoms with Crippen LogP contribution < -0.4 is 15.5 Å². The lowest BCUT2D eigenvalue weighted by Gasteiger charge is -2.31. The van der Waals surface area contributed by atoms with Gasteiger partial charge in [0.05, 0.1) is 17.4 Å². The van der Waals surface area contributed by atoms with E-state index in [2.05, 4.69) is 20.6 Å². The van der Waals surface area contributed by atoms with Crippen molar-refractivity contribution >= 4 is 29.3 Å². The Bertz CT molecular complexity index is 1650. The number of nitrogens with zero attached hydrogens (tertiary/aromatic N) is 4. The van der Waals surface area contributed by atoms with E-state index in [9.17, 15) is 27.2 Å². The van der Waals surface area contributed by atoms with Gasteiger partial charge in [0.25, 0.3) is 17.8 Å². The minimum absolute atomic E-state index is 0.0107. The van der Waals surface area contributed by atoms with E-state index in [-0.39, 0.29) is 29.2 Å². The summed E-state index contributed by atoms with van der Waals surface area (Å²) in [7, 11) is 0. The summed E-state index contributed by atoms with van der Waals surface area (Å²) in [5, 5.41) is 5.60. The van der Waals surface area contributed by atoms with Gasteiger partial charge < -0.3 is 24.9 Å². The first-order chi connectivity index (χ1) is 21.7. The van der Waals surface area contributed by atoms with Gasteiger partial charge in [-0.05, 0) is 55.0 Å². The van der Waals surface area contributed by atoms with Crippen LogP contribution in [-0.2, 0) is 6.18 Å². The van der Waals surface area contributed by atoms with E-state index >= 15 is 0 Å². The summed E-state index contributed by atoms with van der Waals surface area (Å²) in [4.78, 5) is 36.7. The number of pyridine rings is 1. The van der Waals surface area contributed by atoms with Crippen LogP contribution in [0, 0.1) is 5.82 Å². The van der Waals surface area contributed by atoms with Gasteiger partial charge in [0.15, 0.2) is 5.69 Å². The Morgan fingerprint density at radius 2 is 1.64 bits per heavy atom. The van der Waals surface area contributed by atoms with Crippen molar-refractivity contribution in [2.45, 2.75) is 37.4 Å². The fourth-order valence-corrected chi connectivity index (χ4v) is 5.74. The van der Waals surface area contributed by atoms with Crippen LogP contribution in [0.5, 0.6) is 0 Å². The number of hydrogen-bond donors (Lipinski definition) is 2. The Morgan fingerprint density at radius 1 is 0.911 bits per heavy atom. The minimum Gasteiger partial charge on any atom is -0.417 e. The summed E-state index contributed by atoms with van der Waals surface area (Å²) >= 11 is 0. The predicted octanol–water partition coefficient (Wildman–Crippen LogP) is 6.19. The number of likely N-dealkylation sites (tertiary alicyclic amines) is 1. The highest BCUT2D eigenvalue weighted by atomic mass is 19.4. The first kappa shape index (κ1) is 30.1. The van der Waals surface area contributed by atoms with Crippen molar-refractivity contribution in [2.24, 2.45) is 0 Å². The summed E-state index contributed by atoms with van der Waals surface area (Å²) < 4.78 is 61.1. The lowest BCUT2D eigenvalue weighted by atomic mass is 9.90. The van der Waals surface area contributed by atoms with Crippen molar-refractivity contribution in [1.29, 1.82) is 0 Å². The molecule has 2 amide bonds. The Kier molecular flexibility index (Phi) is 8.42. The molecule has 13 heteroatoms. The topological polar surface area (TPSA) is 104 Å². The Labute approximate surface area is 256 Å². The fourth-order valence-electron chi connectivity index (χ4n) is 5.74. The molecular formula is C32H30F4N6O3. The Morgan fingerprint density at radius 3 is 2.33 bits per heavy atom. The van der Waals surface area contributed by atoms with Crippen molar-refractivity contribution in [2.75, 3.05) is 41.7 Å². The van der Waals surface area contributed by atoms with Crippen LogP contribution in [0.2, 0.25) is 0 Å². The number of hydrogen-bond acceptors (Lipinski definition) is 7. The van der Waals surface area contributed by atoms with E-state index in [1.807, 2.05) is 30.3 Å². The summed E-state index contributed by atoms with van der Waals surface area (Å²) in [6, 6.07) is 18.4. The Balaban J connectivity index is 1.07. The standard InChI is InChI=1S/C32H30F4N6O3/c33-25-9-5-4-8-24(25)30(44)42-17-14-23(19-42)38-26-11-10-22(18-37-26)39-29(43)27-28(32(34,35)36)40-31(45-27)41-15-12-21(13-16-41)20-6-2-1-3-7-20/h1-11,18,21,23H,12-17,19H2,(H,37,38)(H,39,43)/t23-/m0/s1. The molecule has 2 N–H and O–H groups in total. The molecule has 6 rings (SSSR count). The number of nitrogens with one attached hydrogen (secondary N) is 2. The van der Waals surface area contributed by atoms with Gasteiger partial charge in [0.2, 0.25) is 5.76 Å². The average Bonchev–Trinajstić information content (AvgIpc) is 3.71. The van der Waals surface area contributed by atoms with E-state index in [4.69, 9.17) is 4.42 Å². The highest BCUT2D eigenvalue weighted by Crippen LogP contribution is 2.36. The van der Waals surface area contributed by atoms with E-state index in [1.165, 1.54) is 36.0 Å². The fraction of sp³-hybridized carbons (Fsp3) is 0.312. The molecule has 2 aliphatic rings. The summed E-state index contributed by atoms with van der Waals surface area (Å²) in [6.07, 6.45) is -1.56. The molecule has 4 heterocycles. The number of carbonyl (C=O) groups is 2. The van der Waals surface area contributed by atoms with Crippen molar-refractivity contribution in [3.05, 3.63) is 101 Å². The monoisotopic (exact) mass is 622 g/mol. The molecule has 0 bridgehead atoms. The van der Waals surface area contributed by atoms with Crippen LogP contribution in [0.4, 0.5) is 35.1 Å². The highest BCUT2D eigenvalue weighted by molar-refractivity contribution is 6.03. The van der Waals surface area contributed by atoms with Crippen LogP contribution in [0.15, 0.2) is 77.3 Å². The molecule has 2 aromatic heterocycles. The van der Waals surface area contributed by atoms with Crippen molar-refractivity contribution in [3.8, 4) is 0 Å². The summed E-state index contributed by atoms with van der Waals surface area (Å²) in [5.41, 5.74) is -0.0442. The van der Waals surface area contributed by atoms with Gasteiger partial charge in [-0.1, -0.05) is 42.5 Å². The molecule has 0 unspecified atom stereocenters. The molecular weight excluding hydrogens is 592 g/mol. The number of carbonyl (C=O) groups excluding carboxylic acids is 2. The second-order valence-corrected chi connectivity index (χ2v) is 11.1. The number of amides is 2. The third-order valence-electron chi connectivity index (χ3n) is 8.08.